The summed E-state index contributed by atoms with van der Waals surface area (Å²) >= 11 is 0. The standard InChI is InChI=1S/C3F3Si/c4-3(5,6)1-2-7. The summed E-state index contributed by atoms with van der Waals surface area (Å²) in [6, 6.07) is 0. The second-order valence-corrected chi connectivity index (χ2v) is 0.998. The SMILES string of the molecule is FC(F)(F)C#C[Si]. The molecule has 0 N–H and O–H groups in total. The normalized spacial score (nSPS) is 9.71. The highest BCUT2D eigenvalue weighted by Gasteiger charge is 2.22. The molecule has 0 bridgehead atoms. The molecule has 0 saturated carbocycles. The van der Waals surface area contributed by atoms with Gasteiger partial charge in [-0.25, -0.2) is 0 Å². The summed E-state index contributed by atoms with van der Waals surface area (Å²) in [5.41, 5.74) is 1.54. The van der Waals surface area contributed by atoms with Gasteiger partial charge in [-0.2, -0.15) is 13.2 Å². The molecule has 0 aliphatic heterocycles. The van der Waals surface area contributed by atoms with E-state index in [1.54, 1.807) is 0 Å². The lowest BCUT2D eigenvalue weighted by atomic mass is 10.7. The molecule has 0 aromatic carbocycles. The van der Waals surface area contributed by atoms with E-state index in [1.807, 2.05) is 0 Å². The van der Waals surface area contributed by atoms with E-state index in [-0.39, 0.29) is 0 Å². The molecular formula is C3F3Si. The maximum atomic E-state index is 10.9. The molecule has 0 spiro atoms. The molecule has 0 nitrogen and oxygen atoms in total. The van der Waals surface area contributed by atoms with Crippen molar-refractivity contribution in [2.24, 2.45) is 0 Å². The lowest BCUT2D eigenvalue weighted by molar-refractivity contribution is -0.0696. The highest BCUT2D eigenvalue weighted by atomic mass is 28.1. The van der Waals surface area contributed by atoms with E-state index in [1.165, 1.54) is 5.54 Å². The molecule has 0 aromatic rings. The van der Waals surface area contributed by atoms with Crippen LogP contribution in [-0.4, -0.2) is 16.4 Å². The summed E-state index contributed by atoms with van der Waals surface area (Å²) in [7, 11) is 2.35. The van der Waals surface area contributed by atoms with Crippen LogP contribution in [0.1, 0.15) is 0 Å². The average molecular weight is 121 g/mol. The largest absolute Gasteiger partial charge is 0.457 e. The lowest BCUT2D eigenvalue weighted by Crippen LogP contribution is -2.01. The van der Waals surface area contributed by atoms with Crippen molar-refractivity contribution >= 4 is 10.2 Å². The fourth-order valence-electron chi connectivity index (χ4n) is 0.0709. The monoisotopic (exact) mass is 121 g/mol. The highest BCUT2D eigenvalue weighted by Crippen LogP contribution is 2.11. The summed E-state index contributed by atoms with van der Waals surface area (Å²) in [4.78, 5) is 0. The summed E-state index contributed by atoms with van der Waals surface area (Å²) in [5, 5.41) is 0. The van der Waals surface area contributed by atoms with Crippen LogP contribution in [0.3, 0.4) is 0 Å². The second kappa shape index (κ2) is 2.03. The number of alkyl halides is 3. The van der Waals surface area contributed by atoms with Crippen LogP contribution in [0.5, 0.6) is 0 Å². The number of hydrogen-bond donors (Lipinski definition) is 0. The molecule has 0 amide bonds. The summed E-state index contributed by atoms with van der Waals surface area (Å²) in [6.07, 6.45) is -4.36. The molecule has 0 unspecified atom stereocenters. The van der Waals surface area contributed by atoms with Gasteiger partial charge in [0.05, 0.1) is 0 Å². The van der Waals surface area contributed by atoms with E-state index in [2.05, 4.69) is 10.2 Å². The third-order valence-corrected chi connectivity index (χ3v) is 0.329. The zero-order valence-electron chi connectivity index (χ0n) is 3.13. The summed E-state index contributed by atoms with van der Waals surface area (Å²) in [6.45, 7) is 0. The van der Waals surface area contributed by atoms with Gasteiger partial charge in [-0.3, -0.25) is 0 Å². The van der Waals surface area contributed by atoms with Gasteiger partial charge in [0.15, 0.2) is 0 Å². The smallest absolute Gasteiger partial charge is 0.159 e. The Morgan fingerprint density at radius 3 is 1.71 bits per heavy atom. The van der Waals surface area contributed by atoms with Crippen LogP contribution in [0.25, 0.3) is 0 Å². The molecule has 0 rings (SSSR count). The van der Waals surface area contributed by atoms with Crippen molar-refractivity contribution in [2.75, 3.05) is 0 Å². The fourth-order valence-corrected chi connectivity index (χ4v) is 0.213. The topological polar surface area (TPSA) is 0 Å². The predicted octanol–water partition coefficient (Wildman–Crippen LogP) is 0.678. The first kappa shape index (κ1) is 6.57. The Morgan fingerprint density at radius 1 is 1.29 bits per heavy atom. The van der Waals surface area contributed by atoms with Gasteiger partial charge in [0, 0.05) is 5.92 Å². The molecule has 0 fully saturated rings. The maximum Gasteiger partial charge on any atom is 0.457 e. The second-order valence-electron chi connectivity index (χ2n) is 0.748. The third kappa shape index (κ3) is 5.57. The highest BCUT2D eigenvalue weighted by molar-refractivity contribution is 6.22. The molecule has 0 saturated heterocycles. The number of hydrogen-bond acceptors (Lipinski definition) is 0. The van der Waals surface area contributed by atoms with Crippen molar-refractivity contribution < 1.29 is 13.2 Å². The number of rotatable bonds is 0. The van der Waals surface area contributed by atoms with Crippen LogP contribution in [-0.2, 0) is 0 Å². The molecule has 0 heterocycles. The van der Waals surface area contributed by atoms with Gasteiger partial charge in [0.2, 0.25) is 0 Å². The summed E-state index contributed by atoms with van der Waals surface area (Å²) in [5.74, 6) is 0.948. The van der Waals surface area contributed by atoms with Crippen LogP contribution in [0, 0.1) is 11.5 Å². The summed E-state index contributed by atoms with van der Waals surface area (Å²) < 4.78 is 32.6. The molecule has 0 aromatic heterocycles. The van der Waals surface area contributed by atoms with Gasteiger partial charge < -0.3 is 0 Å². The molecule has 37 valence electrons. The fraction of sp³-hybridized carbons (Fsp3) is 0.333. The van der Waals surface area contributed by atoms with Gasteiger partial charge in [0.1, 0.15) is 10.2 Å². The van der Waals surface area contributed by atoms with Crippen LogP contribution < -0.4 is 0 Å². The molecule has 0 aliphatic rings. The quantitative estimate of drug-likeness (QED) is 0.326. The molecule has 0 aliphatic carbocycles. The van der Waals surface area contributed by atoms with Crippen molar-refractivity contribution in [1.82, 2.24) is 0 Å². The van der Waals surface area contributed by atoms with Gasteiger partial charge in [-0.1, -0.05) is 0 Å². The first-order valence-corrected chi connectivity index (χ1v) is 1.82. The average Bonchev–Trinajstić information content (AvgIpc) is 1.30. The van der Waals surface area contributed by atoms with Crippen molar-refractivity contribution in [3.8, 4) is 11.5 Å². The molecule has 7 heavy (non-hydrogen) atoms. The van der Waals surface area contributed by atoms with E-state index in [0.29, 0.717) is 0 Å². The minimum Gasteiger partial charge on any atom is -0.159 e. The predicted molar refractivity (Wildman–Crippen MR) is 19.6 cm³/mol. The van der Waals surface area contributed by atoms with Crippen LogP contribution in [0.4, 0.5) is 13.2 Å². The Labute approximate surface area is 42.1 Å². The Balaban J connectivity index is 3.72. The molecular weight excluding hydrogens is 121 g/mol. The van der Waals surface area contributed by atoms with Gasteiger partial charge in [-0.15, -0.1) is 5.54 Å². The third-order valence-electron chi connectivity index (χ3n) is 0.204. The minimum absolute atomic E-state index is 0.948. The van der Waals surface area contributed by atoms with Gasteiger partial charge in [0.25, 0.3) is 0 Å². The Hall–Kier alpha value is -0.433. The van der Waals surface area contributed by atoms with Crippen molar-refractivity contribution in [3.05, 3.63) is 0 Å². The minimum atomic E-state index is -4.36. The van der Waals surface area contributed by atoms with Gasteiger partial charge in [-0.05, 0) is 0 Å². The molecule has 0 atom stereocenters. The lowest BCUT2D eigenvalue weighted by Gasteiger charge is -1.89. The molecule has 3 radical (unpaired) electrons. The zero-order chi connectivity index (χ0) is 5.91. The van der Waals surface area contributed by atoms with Crippen molar-refractivity contribution in [2.45, 2.75) is 6.18 Å². The maximum absolute atomic E-state index is 10.9. The Morgan fingerprint density at radius 2 is 1.71 bits per heavy atom. The van der Waals surface area contributed by atoms with Crippen LogP contribution >= 0.6 is 0 Å². The Kier molecular flexibility index (Phi) is 1.90. The number of halogens is 3. The van der Waals surface area contributed by atoms with Crippen molar-refractivity contribution in [1.29, 1.82) is 0 Å². The van der Waals surface area contributed by atoms with E-state index in [0.717, 1.165) is 5.92 Å². The van der Waals surface area contributed by atoms with Gasteiger partial charge >= 0.3 is 6.18 Å². The Bertz CT molecular complexity index is 104. The van der Waals surface area contributed by atoms with E-state index in [4.69, 9.17) is 0 Å². The zero-order valence-corrected chi connectivity index (χ0v) is 4.13. The first-order valence-electron chi connectivity index (χ1n) is 1.32. The molecule has 4 heteroatoms. The van der Waals surface area contributed by atoms with Crippen molar-refractivity contribution in [3.63, 3.8) is 0 Å². The van der Waals surface area contributed by atoms with Crippen LogP contribution in [0.15, 0.2) is 0 Å². The van der Waals surface area contributed by atoms with E-state index in [9.17, 15) is 13.2 Å². The van der Waals surface area contributed by atoms with Crippen LogP contribution in [0.2, 0.25) is 0 Å². The first-order chi connectivity index (χ1) is 3.06. The van der Waals surface area contributed by atoms with E-state index < -0.39 is 6.18 Å². The van der Waals surface area contributed by atoms with E-state index >= 15 is 0 Å².